The molecule has 0 atom stereocenters. The lowest BCUT2D eigenvalue weighted by Gasteiger charge is -2.38. The second-order valence-electron chi connectivity index (χ2n) is 11.9. The zero-order valence-corrected chi connectivity index (χ0v) is 21.6. The summed E-state index contributed by atoms with van der Waals surface area (Å²) in [5.41, 5.74) is -0.250. The summed E-state index contributed by atoms with van der Waals surface area (Å²) < 4.78 is 65.5. The molecule has 3 fully saturated rings. The molecule has 0 aliphatic heterocycles. The van der Waals surface area contributed by atoms with Gasteiger partial charge in [-0.3, -0.25) is 0 Å². The summed E-state index contributed by atoms with van der Waals surface area (Å²) >= 11 is 0. The van der Waals surface area contributed by atoms with Gasteiger partial charge in [-0.05, 0) is 105 Å². The molecule has 0 spiro atoms. The van der Waals surface area contributed by atoms with Crippen molar-refractivity contribution in [2.75, 3.05) is 0 Å². The van der Waals surface area contributed by atoms with Crippen LogP contribution in [0.5, 0.6) is 0 Å². The maximum Gasteiger partial charge on any atom is 0.458 e. The highest BCUT2D eigenvalue weighted by Crippen LogP contribution is 2.44. The second kappa shape index (κ2) is 12.3. The molecule has 5 heteroatoms. The van der Waals surface area contributed by atoms with Crippen molar-refractivity contribution >= 4 is 0 Å². The van der Waals surface area contributed by atoms with Crippen LogP contribution in [-0.2, 0) is 0 Å². The monoisotopic (exact) mass is 508 g/mol. The van der Waals surface area contributed by atoms with Crippen LogP contribution in [0.1, 0.15) is 120 Å². The van der Waals surface area contributed by atoms with Crippen LogP contribution in [0, 0.1) is 53.1 Å². The third-order valence-electron chi connectivity index (χ3n) is 9.72. The lowest BCUT2D eigenvalue weighted by molar-refractivity contribution is -0.0696. The van der Waals surface area contributed by atoms with Crippen LogP contribution in [0.3, 0.4) is 0 Å². The van der Waals surface area contributed by atoms with Gasteiger partial charge in [0.1, 0.15) is 11.6 Å². The van der Waals surface area contributed by atoms with Crippen LogP contribution in [0.25, 0.3) is 0 Å². The molecule has 1 aromatic rings. The predicted molar refractivity (Wildman–Crippen MR) is 134 cm³/mol. The molecule has 0 amide bonds. The quantitative estimate of drug-likeness (QED) is 0.265. The van der Waals surface area contributed by atoms with E-state index in [0.29, 0.717) is 11.5 Å². The Bertz CT molecular complexity index is 876. The van der Waals surface area contributed by atoms with Crippen molar-refractivity contribution in [3.63, 3.8) is 0 Å². The maximum atomic E-state index is 14.3. The molecule has 0 N–H and O–H groups in total. The van der Waals surface area contributed by atoms with E-state index in [4.69, 9.17) is 0 Å². The van der Waals surface area contributed by atoms with Gasteiger partial charge in [-0.1, -0.05) is 57.8 Å². The van der Waals surface area contributed by atoms with Crippen LogP contribution < -0.4 is 0 Å². The molecule has 0 radical (unpaired) electrons. The summed E-state index contributed by atoms with van der Waals surface area (Å²) in [6, 6.07) is 2.36. The third kappa shape index (κ3) is 7.48. The van der Waals surface area contributed by atoms with Crippen LogP contribution >= 0.6 is 0 Å². The topological polar surface area (TPSA) is 0 Å². The van der Waals surface area contributed by atoms with Gasteiger partial charge in [0.25, 0.3) is 0 Å². The van der Waals surface area contributed by atoms with Crippen molar-refractivity contribution in [1.29, 1.82) is 0 Å². The molecule has 0 unspecified atom stereocenters. The average molecular weight is 509 g/mol. The van der Waals surface area contributed by atoms with Gasteiger partial charge in [-0.25, -0.2) is 8.78 Å². The summed E-state index contributed by atoms with van der Waals surface area (Å²) in [5.74, 6) is 5.07. The lowest BCUT2D eigenvalue weighted by Crippen LogP contribution is -2.26. The minimum absolute atomic E-state index is 0.0631. The summed E-state index contributed by atoms with van der Waals surface area (Å²) in [5, 5.41) is 0. The van der Waals surface area contributed by atoms with E-state index < -0.39 is 23.4 Å². The van der Waals surface area contributed by atoms with Gasteiger partial charge in [-0.2, -0.15) is 13.2 Å². The molecule has 0 aromatic heterocycles. The maximum absolute atomic E-state index is 14.3. The first-order chi connectivity index (χ1) is 17.2. The number of benzene rings is 1. The minimum Gasteiger partial charge on any atom is -0.206 e. The van der Waals surface area contributed by atoms with E-state index in [1.54, 1.807) is 5.92 Å². The number of halogens is 5. The normalized spacial score (nSPS) is 31.5. The first-order valence-electron chi connectivity index (χ1n) is 14.3. The van der Waals surface area contributed by atoms with E-state index >= 15 is 0 Å². The Morgan fingerprint density at radius 3 is 1.58 bits per heavy atom. The minimum atomic E-state index is -4.77. The Morgan fingerprint density at radius 1 is 0.694 bits per heavy atom. The Morgan fingerprint density at radius 2 is 1.14 bits per heavy atom. The SMILES string of the molecule is CCC1CCC(C2CCC(CCC3CCC(c4cc(F)c(C#CC(F)(F)F)c(F)c4)CC3)CC2)CC1. The van der Waals surface area contributed by atoms with Gasteiger partial charge < -0.3 is 0 Å². The molecule has 1 aromatic carbocycles. The van der Waals surface area contributed by atoms with Gasteiger partial charge in [0.2, 0.25) is 0 Å². The van der Waals surface area contributed by atoms with Crippen molar-refractivity contribution in [1.82, 2.24) is 0 Å². The molecular formula is C31H41F5. The molecule has 36 heavy (non-hydrogen) atoms. The Kier molecular flexibility index (Phi) is 9.40. The van der Waals surface area contributed by atoms with Crippen LogP contribution in [-0.4, -0.2) is 6.18 Å². The Balaban J connectivity index is 1.19. The van der Waals surface area contributed by atoms with E-state index in [1.165, 1.54) is 82.8 Å². The largest absolute Gasteiger partial charge is 0.458 e. The molecule has 0 nitrogen and oxygen atoms in total. The third-order valence-corrected chi connectivity index (χ3v) is 9.72. The molecule has 0 heterocycles. The summed E-state index contributed by atoms with van der Waals surface area (Å²) in [4.78, 5) is 0. The molecular weight excluding hydrogens is 467 g/mol. The molecule has 200 valence electrons. The van der Waals surface area contributed by atoms with Crippen molar-refractivity contribution in [3.05, 3.63) is 34.9 Å². The highest BCUT2D eigenvalue weighted by atomic mass is 19.4. The van der Waals surface area contributed by atoms with Crippen LogP contribution in [0.15, 0.2) is 12.1 Å². The van der Waals surface area contributed by atoms with E-state index in [1.807, 2.05) is 0 Å². The van der Waals surface area contributed by atoms with Gasteiger partial charge in [0.05, 0.1) is 5.56 Å². The summed E-state index contributed by atoms with van der Waals surface area (Å²) in [6.45, 7) is 2.33. The zero-order chi connectivity index (χ0) is 25.7. The van der Waals surface area contributed by atoms with Gasteiger partial charge >= 0.3 is 6.18 Å². The van der Waals surface area contributed by atoms with E-state index in [0.717, 1.165) is 55.3 Å². The Labute approximate surface area is 213 Å². The van der Waals surface area contributed by atoms with Gasteiger partial charge in [-0.15, -0.1) is 0 Å². The highest BCUT2D eigenvalue weighted by molar-refractivity contribution is 5.40. The fourth-order valence-corrected chi connectivity index (χ4v) is 7.35. The van der Waals surface area contributed by atoms with Gasteiger partial charge in [0.15, 0.2) is 0 Å². The molecule has 3 saturated carbocycles. The van der Waals surface area contributed by atoms with E-state index in [-0.39, 0.29) is 5.92 Å². The average Bonchev–Trinajstić information content (AvgIpc) is 2.87. The predicted octanol–water partition coefficient (Wildman–Crippen LogP) is 9.96. The van der Waals surface area contributed by atoms with E-state index in [9.17, 15) is 22.0 Å². The van der Waals surface area contributed by atoms with Crippen molar-refractivity contribution in [2.24, 2.45) is 29.6 Å². The fourth-order valence-electron chi connectivity index (χ4n) is 7.35. The first kappa shape index (κ1) is 27.5. The first-order valence-corrected chi connectivity index (χ1v) is 14.3. The lowest BCUT2D eigenvalue weighted by atomic mass is 9.68. The number of hydrogen-bond acceptors (Lipinski definition) is 0. The van der Waals surface area contributed by atoms with Crippen LogP contribution in [0.2, 0.25) is 0 Å². The smallest absolute Gasteiger partial charge is 0.206 e. The van der Waals surface area contributed by atoms with Crippen molar-refractivity contribution < 1.29 is 22.0 Å². The number of alkyl halides is 3. The molecule has 4 rings (SSSR count). The fraction of sp³-hybridized carbons (Fsp3) is 0.742. The molecule has 0 bridgehead atoms. The standard InChI is InChI=1S/C31H41F5/c1-2-21-5-11-24(12-6-21)25-13-7-22(8-14-25)3-4-23-9-15-26(16-10-23)27-19-29(32)28(30(33)20-27)17-18-31(34,35)36/h19-26H,2-16H2,1H3. The van der Waals surface area contributed by atoms with Crippen molar-refractivity contribution in [3.8, 4) is 11.8 Å². The highest BCUT2D eigenvalue weighted by Gasteiger charge is 2.31. The van der Waals surface area contributed by atoms with Gasteiger partial charge in [0, 0.05) is 5.92 Å². The zero-order valence-electron chi connectivity index (χ0n) is 21.6. The summed E-state index contributed by atoms with van der Waals surface area (Å²) in [7, 11) is 0. The molecule has 3 aliphatic rings. The number of hydrogen-bond donors (Lipinski definition) is 0. The van der Waals surface area contributed by atoms with Crippen LogP contribution in [0.4, 0.5) is 22.0 Å². The summed E-state index contributed by atoms with van der Waals surface area (Å²) in [6.07, 6.45) is 14.4. The Hall–Kier alpha value is -1.57. The van der Waals surface area contributed by atoms with E-state index in [2.05, 4.69) is 6.92 Å². The molecule has 0 saturated heterocycles. The van der Waals surface area contributed by atoms with Crippen molar-refractivity contribution in [2.45, 2.75) is 115 Å². The second-order valence-corrected chi connectivity index (χ2v) is 11.9. The molecule has 3 aliphatic carbocycles. The number of rotatable bonds is 6.